The number of hydrogen-bond donors (Lipinski definition) is 0. The number of nitrogens with zero attached hydrogens (tertiary/aromatic N) is 3. The Labute approximate surface area is 208 Å². The average molecular weight is 492 g/mol. The van der Waals surface area contributed by atoms with E-state index in [-0.39, 0.29) is 11.9 Å². The van der Waals surface area contributed by atoms with Crippen LogP contribution in [0.15, 0.2) is 78.9 Å². The van der Waals surface area contributed by atoms with Crippen molar-refractivity contribution in [1.82, 2.24) is 14.7 Å². The third-order valence-corrected chi connectivity index (χ3v) is 6.39. The van der Waals surface area contributed by atoms with Gasteiger partial charge in [-0.05, 0) is 62.2 Å². The molecule has 1 aliphatic carbocycles. The molecule has 7 heteroatoms. The predicted molar refractivity (Wildman–Crippen MR) is 134 cm³/mol. The summed E-state index contributed by atoms with van der Waals surface area (Å²) in [5, 5.41) is 5.82. The minimum absolute atomic E-state index is 0.0892. The lowest BCUT2D eigenvalue weighted by molar-refractivity contribution is 0.0729. The van der Waals surface area contributed by atoms with Crippen molar-refractivity contribution in [2.45, 2.75) is 32.4 Å². The number of rotatable bonds is 7. The number of carbonyl (C=O) groups is 1. The predicted octanol–water partition coefficient (Wildman–Crippen LogP) is 7.08. The van der Waals surface area contributed by atoms with E-state index in [0.29, 0.717) is 33.8 Å². The summed E-state index contributed by atoms with van der Waals surface area (Å²) in [6.07, 6.45) is 1.93. The number of ether oxygens (including phenoxy) is 1. The normalized spacial score (nSPS) is 13.0. The SMILES string of the molecule is Cc1nn(-c2cccc(Cl)c2)c(Oc2ccccc2)c1CN(C(=O)c1ccccc1Cl)C1CC1. The van der Waals surface area contributed by atoms with Crippen LogP contribution in [0.1, 0.15) is 34.5 Å². The molecular weight excluding hydrogens is 469 g/mol. The van der Waals surface area contributed by atoms with Crippen molar-refractivity contribution in [3.05, 3.63) is 106 Å². The number of benzene rings is 3. The summed E-state index contributed by atoms with van der Waals surface area (Å²) in [6.45, 7) is 2.29. The van der Waals surface area contributed by atoms with Gasteiger partial charge in [-0.2, -0.15) is 5.10 Å². The summed E-state index contributed by atoms with van der Waals surface area (Å²) in [4.78, 5) is 15.4. The summed E-state index contributed by atoms with van der Waals surface area (Å²) in [5.74, 6) is 1.15. The molecule has 5 rings (SSSR count). The van der Waals surface area contributed by atoms with E-state index in [2.05, 4.69) is 0 Å². The first-order valence-corrected chi connectivity index (χ1v) is 11.9. The largest absolute Gasteiger partial charge is 0.439 e. The standard InChI is InChI=1S/C27H23Cl2N3O2/c1-18-24(17-31(20-14-15-20)26(33)23-12-5-6-13-25(23)29)27(34-22-10-3-2-4-11-22)32(30-18)21-9-7-8-19(28)16-21/h2-13,16,20H,14-15,17H2,1H3. The number of aryl methyl sites for hydroxylation is 1. The van der Waals surface area contributed by atoms with Crippen LogP contribution >= 0.6 is 23.2 Å². The molecule has 1 heterocycles. The maximum atomic E-state index is 13.5. The molecule has 172 valence electrons. The topological polar surface area (TPSA) is 47.4 Å². The second-order valence-electron chi connectivity index (χ2n) is 8.32. The quantitative estimate of drug-likeness (QED) is 0.277. The van der Waals surface area contributed by atoms with E-state index in [1.807, 2.05) is 78.6 Å². The number of para-hydroxylation sites is 1. The Morgan fingerprint density at radius 3 is 2.47 bits per heavy atom. The maximum Gasteiger partial charge on any atom is 0.255 e. The van der Waals surface area contributed by atoms with Crippen molar-refractivity contribution in [2.75, 3.05) is 0 Å². The number of hydrogen-bond acceptors (Lipinski definition) is 3. The van der Waals surface area contributed by atoms with Crippen molar-refractivity contribution >= 4 is 29.1 Å². The zero-order valence-electron chi connectivity index (χ0n) is 18.6. The van der Waals surface area contributed by atoms with Crippen LogP contribution < -0.4 is 4.74 Å². The Bertz CT molecular complexity index is 1330. The average Bonchev–Trinajstić information content (AvgIpc) is 3.63. The van der Waals surface area contributed by atoms with Crippen LogP contribution in [0.2, 0.25) is 10.0 Å². The smallest absolute Gasteiger partial charge is 0.255 e. The lowest BCUT2D eigenvalue weighted by Gasteiger charge is -2.23. The van der Waals surface area contributed by atoms with Gasteiger partial charge in [0.2, 0.25) is 5.88 Å². The Morgan fingerprint density at radius 1 is 1.03 bits per heavy atom. The molecule has 0 radical (unpaired) electrons. The second kappa shape index (κ2) is 9.53. The molecule has 1 saturated carbocycles. The van der Waals surface area contributed by atoms with Crippen molar-refractivity contribution in [3.63, 3.8) is 0 Å². The maximum absolute atomic E-state index is 13.5. The van der Waals surface area contributed by atoms with Crippen LogP contribution in [0.4, 0.5) is 0 Å². The molecule has 0 bridgehead atoms. The number of aromatic nitrogens is 2. The van der Waals surface area contributed by atoms with E-state index in [0.717, 1.165) is 29.8 Å². The van der Waals surface area contributed by atoms with E-state index in [1.165, 1.54) is 0 Å². The van der Waals surface area contributed by atoms with Crippen LogP contribution in [0.3, 0.4) is 0 Å². The number of halogens is 2. The highest BCUT2D eigenvalue weighted by Crippen LogP contribution is 2.36. The van der Waals surface area contributed by atoms with Crippen molar-refractivity contribution in [1.29, 1.82) is 0 Å². The third kappa shape index (κ3) is 4.67. The van der Waals surface area contributed by atoms with Crippen LogP contribution in [0.5, 0.6) is 11.6 Å². The Morgan fingerprint density at radius 2 is 1.76 bits per heavy atom. The molecule has 1 fully saturated rings. The molecule has 1 amide bonds. The first-order valence-electron chi connectivity index (χ1n) is 11.1. The summed E-state index contributed by atoms with van der Waals surface area (Å²) >= 11 is 12.6. The van der Waals surface area contributed by atoms with Gasteiger partial charge in [-0.25, -0.2) is 4.68 Å². The van der Waals surface area contributed by atoms with Gasteiger partial charge in [0.25, 0.3) is 5.91 Å². The summed E-state index contributed by atoms with van der Waals surface area (Å²) < 4.78 is 8.10. The first-order chi connectivity index (χ1) is 16.5. The van der Waals surface area contributed by atoms with Crippen LogP contribution in [-0.4, -0.2) is 26.6 Å². The van der Waals surface area contributed by atoms with Gasteiger partial charge in [0, 0.05) is 11.1 Å². The Kier molecular flexibility index (Phi) is 6.31. The fourth-order valence-corrected chi connectivity index (χ4v) is 4.32. The van der Waals surface area contributed by atoms with Gasteiger partial charge in [-0.1, -0.05) is 59.6 Å². The molecule has 0 N–H and O–H groups in total. The highest BCUT2D eigenvalue weighted by atomic mass is 35.5. The van der Waals surface area contributed by atoms with E-state index < -0.39 is 0 Å². The molecule has 1 aliphatic rings. The van der Waals surface area contributed by atoms with Gasteiger partial charge in [0.05, 0.1) is 34.1 Å². The van der Waals surface area contributed by atoms with Crippen molar-refractivity contribution in [2.24, 2.45) is 0 Å². The van der Waals surface area contributed by atoms with E-state index in [4.69, 9.17) is 33.0 Å². The van der Waals surface area contributed by atoms with E-state index >= 15 is 0 Å². The number of amides is 1. The van der Waals surface area contributed by atoms with Crippen molar-refractivity contribution < 1.29 is 9.53 Å². The van der Waals surface area contributed by atoms with Crippen LogP contribution in [0, 0.1) is 6.92 Å². The molecule has 0 atom stereocenters. The molecule has 4 aromatic rings. The minimum atomic E-state index is -0.0892. The molecule has 0 saturated heterocycles. The lowest BCUT2D eigenvalue weighted by Crippen LogP contribution is -2.33. The van der Waals surface area contributed by atoms with Crippen LogP contribution in [0.25, 0.3) is 5.69 Å². The Hall–Kier alpha value is -3.28. The molecule has 34 heavy (non-hydrogen) atoms. The van der Waals surface area contributed by atoms with E-state index in [9.17, 15) is 4.79 Å². The number of carbonyl (C=O) groups excluding carboxylic acids is 1. The minimum Gasteiger partial charge on any atom is -0.439 e. The molecule has 5 nitrogen and oxygen atoms in total. The van der Waals surface area contributed by atoms with Gasteiger partial charge < -0.3 is 9.64 Å². The van der Waals surface area contributed by atoms with Gasteiger partial charge in [-0.15, -0.1) is 0 Å². The van der Waals surface area contributed by atoms with Gasteiger partial charge in [0.1, 0.15) is 5.75 Å². The molecule has 1 aromatic heterocycles. The first kappa shape index (κ1) is 22.5. The van der Waals surface area contributed by atoms with Gasteiger partial charge in [0.15, 0.2) is 0 Å². The fourth-order valence-electron chi connectivity index (χ4n) is 3.92. The molecule has 0 unspecified atom stereocenters. The highest BCUT2D eigenvalue weighted by molar-refractivity contribution is 6.33. The molecule has 0 aliphatic heterocycles. The van der Waals surface area contributed by atoms with Crippen LogP contribution in [-0.2, 0) is 6.54 Å². The van der Waals surface area contributed by atoms with Gasteiger partial charge in [-0.3, -0.25) is 4.79 Å². The Balaban J connectivity index is 1.57. The zero-order valence-corrected chi connectivity index (χ0v) is 20.1. The van der Waals surface area contributed by atoms with E-state index in [1.54, 1.807) is 16.8 Å². The monoisotopic (exact) mass is 491 g/mol. The van der Waals surface area contributed by atoms with Gasteiger partial charge >= 0.3 is 0 Å². The van der Waals surface area contributed by atoms with Crippen molar-refractivity contribution in [3.8, 4) is 17.3 Å². The highest BCUT2D eigenvalue weighted by Gasteiger charge is 2.35. The fraction of sp³-hybridized carbons (Fsp3) is 0.185. The zero-order chi connectivity index (χ0) is 23.7. The molecule has 0 spiro atoms. The summed E-state index contributed by atoms with van der Waals surface area (Å²) in [6, 6.07) is 24.3. The second-order valence-corrected chi connectivity index (χ2v) is 9.16. The summed E-state index contributed by atoms with van der Waals surface area (Å²) in [5.41, 5.74) is 2.91. The summed E-state index contributed by atoms with van der Waals surface area (Å²) in [7, 11) is 0. The molecule has 3 aromatic carbocycles. The third-order valence-electron chi connectivity index (χ3n) is 5.83. The molecular formula is C27H23Cl2N3O2. The lowest BCUT2D eigenvalue weighted by atomic mass is 10.1.